The fourth-order valence-electron chi connectivity index (χ4n) is 2.48. The zero-order valence-electron chi connectivity index (χ0n) is 13.8. The van der Waals surface area contributed by atoms with Crippen molar-refractivity contribution in [3.8, 4) is 10.6 Å². The molecule has 0 aliphatic carbocycles. The quantitative estimate of drug-likeness (QED) is 0.685. The summed E-state index contributed by atoms with van der Waals surface area (Å²) in [5.41, 5.74) is 3.90. The molecule has 6 heteroatoms. The Bertz CT molecular complexity index is 916. The zero-order valence-corrected chi connectivity index (χ0v) is 14.6. The van der Waals surface area contributed by atoms with Gasteiger partial charge in [-0.3, -0.25) is 9.59 Å². The number of rotatable bonds is 6. The summed E-state index contributed by atoms with van der Waals surface area (Å²) < 4.78 is 1.16. The average Bonchev–Trinajstić information content (AvgIpc) is 2.98. The molecule has 1 amide bonds. The number of carbonyl (C=O) groups excluding carboxylic acids is 1. The molecule has 2 N–H and O–H groups in total. The number of aliphatic carboxylic acids is 1. The fraction of sp³-hybridized carbons (Fsp3) is 0.211. The Kier molecular flexibility index (Phi) is 5.09. The molecule has 0 fully saturated rings. The Morgan fingerprint density at radius 3 is 2.60 bits per heavy atom. The fourth-order valence-corrected chi connectivity index (χ4v) is 3.54. The molecular weight excluding hydrogens is 336 g/mol. The number of nitrogens with one attached hydrogen (secondary N) is 1. The molecule has 0 aliphatic rings. The van der Waals surface area contributed by atoms with Crippen molar-refractivity contribution < 1.29 is 14.7 Å². The number of hydrogen-bond acceptors (Lipinski definition) is 4. The van der Waals surface area contributed by atoms with Crippen molar-refractivity contribution in [1.29, 1.82) is 0 Å². The van der Waals surface area contributed by atoms with E-state index in [4.69, 9.17) is 5.11 Å². The first-order chi connectivity index (χ1) is 12.0. The largest absolute Gasteiger partial charge is 0.481 e. The first-order valence-corrected chi connectivity index (χ1v) is 8.82. The first-order valence-electron chi connectivity index (χ1n) is 8.00. The average molecular weight is 354 g/mol. The maximum absolute atomic E-state index is 11.8. The van der Waals surface area contributed by atoms with E-state index in [2.05, 4.69) is 29.4 Å². The number of aromatic nitrogens is 1. The minimum Gasteiger partial charge on any atom is -0.481 e. The van der Waals surface area contributed by atoms with E-state index in [1.165, 1.54) is 5.56 Å². The minimum atomic E-state index is -0.886. The lowest BCUT2D eigenvalue weighted by atomic mass is 10.2. The van der Waals surface area contributed by atoms with Crippen LogP contribution in [-0.4, -0.2) is 22.0 Å². The van der Waals surface area contributed by atoms with E-state index < -0.39 is 5.97 Å². The number of fused-ring (bicyclic) bond motifs is 1. The standard InChI is InChI=1S/C19H18N2O3S/c1-12-5-10-15-16(11-12)25-19(21-15)13-6-8-14(9-7-13)20-17(22)3-2-4-18(23)24/h5-11H,2-4H2,1H3,(H,20,22)(H,23,24). The van der Waals surface area contributed by atoms with Gasteiger partial charge in [0, 0.05) is 24.1 Å². The summed E-state index contributed by atoms with van der Waals surface area (Å²) in [6, 6.07) is 13.7. The second kappa shape index (κ2) is 7.44. The Labute approximate surface area is 149 Å². The van der Waals surface area contributed by atoms with Crippen LogP contribution in [0.1, 0.15) is 24.8 Å². The second-order valence-electron chi connectivity index (χ2n) is 5.86. The number of amides is 1. The highest BCUT2D eigenvalue weighted by molar-refractivity contribution is 7.21. The molecular formula is C19H18N2O3S. The molecule has 25 heavy (non-hydrogen) atoms. The summed E-state index contributed by atoms with van der Waals surface area (Å²) in [6.07, 6.45) is 0.541. The minimum absolute atomic E-state index is 0.00341. The lowest BCUT2D eigenvalue weighted by molar-refractivity contribution is -0.137. The smallest absolute Gasteiger partial charge is 0.303 e. The number of carboxylic acids is 1. The van der Waals surface area contributed by atoms with Gasteiger partial charge in [-0.1, -0.05) is 6.07 Å². The van der Waals surface area contributed by atoms with Gasteiger partial charge in [-0.25, -0.2) is 4.98 Å². The summed E-state index contributed by atoms with van der Waals surface area (Å²) in [7, 11) is 0. The van der Waals surface area contributed by atoms with Gasteiger partial charge >= 0.3 is 5.97 Å². The van der Waals surface area contributed by atoms with Gasteiger partial charge in [-0.05, 0) is 55.3 Å². The van der Waals surface area contributed by atoms with Crippen molar-refractivity contribution in [1.82, 2.24) is 4.98 Å². The SMILES string of the molecule is Cc1ccc2nc(-c3ccc(NC(=O)CCCC(=O)O)cc3)sc2c1. The number of hydrogen-bond donors (Lipinski definition) is 2. The number of nitrogens with zero attached hydrogens (tertiary/aromatic N) is 1. The van der Waals surface area contributed by atoms with Crippen molar-refractivity contribution >= 4 is 39.1 Å². The van der Waals surface area contributed by atoms with Crippen LogP contribution in [0, 0.1) is 6.92 Å². The third-order valence-corrected chi connectivity index (χ3v) is 4.82. The Hall–Kier alpha value is -2.73. The molecule has 3 aromatic rings. The predicted molar refractivity (Wildman–Crippen MR) is 99.9 cm³/mol. The van der Waals surface area contributed by atoms with Crippen LogP contribution in [0.5, 0.6) is 0 Å². The van der Waals surface area contributed by atoms with Crippen molar-refractivity contribution in [2.24, 2.45) is 0 Å². The van der Waals surface area contributed by atoms with E-state index in [1.54, 1.807) is 11.3 Å². The molecule has 1 heterocycles. The maximum atomic E-state index is 11.8. The van der Waals surface area contributed by atoms with E-state index in [0.717, 1.165) is 20.8 Å². The predicted octanol–water partition coefficient (Wildman–Crippen LogP) is 4.47. The van der Waals surface area contributed by atoms with Crippen LogP contribution >= 0.6 is 11.3 Å². The second-order valence-corrected chi connectivity index (χ2v) is 6.89. The zero-order chi connectivity index (χ0) is 17.8. The van der Waals surface area contributed by atoms with Gasteiger partial charge in [0.05, 0.1) is 10.2 Å². The molecule has 0 saturated carbocycles. The van der Waals surface area contributed by atoms with E-state index in [0.29, 0.717) is 12.1 Å². The summed E-state index contributed by atoms with van der Waals surface area (Å²) >= 11 is 1.64. The van der Waals surface area contributed by atoms with E-state index in [-0.39, 0.29) is 18.7 Å². The number of carbonyl (C=O) groups is 2. The molecule has 0 unspecified atom stereocenters. The summed E-state index contributed by atoms with van der Waals surface area (Å²) in [5.74, 6) is -1.06. The topological polar surface area (TPSA) is 79.3 Å². The van der Waals surface area contributed by atoms with Crippen molar-refractivity contribution in [3.05, 3.63) is 48.0 Å². The monoisotopic (exact) mass is 354 g/mol. The number of benzene rings is 2. The summed E-state index contributed by atoms with van der Waals surface area (Å²) in [5, 5.41) is 12.3. The molecule has 1 aromatic heterocycles. The van der Waals surface area contributed by atoms with Crippen molar-refractivity contribution in [2.75, 3.05) is 5.32 Å². The maximum Gasteiger partial charge on any atom is 0.303 e. The third kappa shape index (κ3) is 4.42. The molecule has 0 radical (unpaired) electrons. The van der Waals surface area contributed by atoms with Crippen LogP contribution in [-0.2, 0) is 9.59 Å². The van der Waals surface area contributed by atoms with Gasteiger partial charge in [-0.2, -0.15) is 0 Å². The van der Waals surface area contributed by atoms with Crippen molar-refractivity contribution in [2.45, 2.75) is 26.2 Å². The Balaban J connectivity index is 1.66. The van der Waals surface area contributed by atoms with Crippen LogP contribution in [0.25, 0.3) is 20.8 Å². The molecule has 0 aliphatic heterocycles. The van der Waals surface area contributed by atoms with E-state index in [9.17, 15) is 9.59 Å². The van der Waals surface area contributed by atoms with Gasteiger partial charge < -0.3 is 10.4 Å². The Morgan fingerprint density at radius 1 is 1.12 bits per heavy atom. The van der Waals surface area contributed by atoms with E-state index in [1.807, 2.05) is 30.3 Å². The van der Waals surface area contributed by atoms with Gasteiger partial charge in [0.2, 0.25) is 5.91 Å². The van der Waals surface area contributed by atoms with Crippen LogP contribution in [0.2, 0.25) is 0 Å². The van der Waals surface area contributed by atoms with Gasteiger partial charge in [0.15, 0.2) is 0 Å². The molecule has 3 rings (SSSR count). The number of carboxylic acid groups (broad SMARTS) is 1. The van der Waals surface area contributed by atoms with Gasteiger partial charge in [0.25, 0.3) is 0 Å². The number of aryl methyl sites for hydroxylation is 1. The Morgan fingerprint density at radius 2 is 1.88 bits per heavy atom. The van der Waals surface area contributed by atoms with Gasteiger partial charge in [0.1, 0.15) is 5.01 Å². The third-order valence-electron chi connectivity index (χ3n) is 3.75. The molecule has 0 bridgehead atoms. The van der Waals surface area contributed by atoms with Crippen LogP contribution in [0.3, 0.4) is 0 Å². The molecule has 0 spiro atoms. The van der Waals surface area contributed by atoms with Gasteiger partial charge in [-0.15, -0.1) is 11.3 Å². The van der Waals surface area contributed by atoms with Crippen LogP contribution in [0.15, 0.2) is 42.5 Å². The molecule has 128 valence electrons. The number of thiazole rings is 1. The normalized spacial score (nSPS) is 10.8. The lowest BCUT2D eigenvalue weighted by Gasteiger charge is -2.05. The van der Waals surface area contributed by atoms with Crippen LogP contribution in [0.4, 0.5) is 5.69 Å². The molecule has 0 atom stereocenters. The van der Waals surface area contributed by atoms with E-state index >= 15 is 0 Å². The number of anilines is 1. The molecule has 0 saturated heterocycles. The molecule has 2 aromatic carbocycles. The highest BCUT2D eigenvalue weighted by Crippen LogP contribution is 2.31. The summed E-state index contributed by atoms with van der Waals surface area (Å²) in [6.45, 7) is 2.06. The lowest BCUT2D eigenvalue weighted by Crippen LogP contribution is -2.11. The molecule has 5 nitrogen and oxygen atoms in total. The summed E-state index contributed by atoms with van der Waals surface area (Å²) in [4.78, 5) is 26.9. The highest BCUT2D eigenvalue weighted by atomic mass is 32.1. The highest BCUT2D eigenvalue weighted by Gasteiger charge is 2.08. The van der Waals surface area contributed by atoms with Crippen LogP contribution < -0.4 is 5.32 Å². The first kappa shape index (κ1) is 17.1. The van der Waals surface area contributed by atoms with Crippen molar-refractivity contribution in [3.63, 3.8) is 0 Å².